The maximum Gasteiger partial charge on any atom is 0.141 e. The quantitative estimate of drug-likeness (QED) is 0.666. The van der Waals surface area contributed by atoms with Crippen LogP contribution in [0.2, 0.25) is 0 Å². The first-order valence-corrected chi connectivity index (χ1v) is 6.71. The third-order valence-corrected chi connectivity index (χ3v) is 4.18. The summed E-state index contributed by atoms with van der Waals surface area (Å²) >= 11 is 1.74. The predicted octanol–water partition coefficient (Wildman–Crippen LogP) is 4.65. The summed E-state index contributed by atoms with van der Waals surface area (Å²) in [5.74, 6) is 1.85. The number of rotatable bonds is 2. The zero-order valence-corrected chi connectivity index (χ0v) is 11.2. The van der Waals surface area contributed by atoms with Gasteiger partial charge in [0.25, 0.3) is 0 Å². The molecule has 0 saturated carbocycles. The molecule has 1 aliphatic rings. The van der Waals surface area contributed by atoms with E-state index in [2.05, 4.69) is 18.2 Å². The average Bonchev–Trinajstić information content (AvgIpc) is 2.43. The van der Waals surface area contributed by atoms with E-state index in [0.717, 1.165) is 21.3 Å². The summed E-state index contributed by atoms with van der Waals surface area (Å²) in [5.41, 5.74) is 1.17. The molecule has 0 saturated heterocycles. The van der Waals surface area contributed by atoms with Crippen LogP contribution in [0.5, 0.6) is 11.5 Å². The fourth-order valence-corrected chi connectivity index (χ4v) is 2.93. The van der Waals surface area contributed by atoms with Gasteiger partial charge in [-0.15, -0.1) is 0 Å². The van der Waals surface area contributed by atoms with E-state index in [0.29, 0.717) is 0 Å². The molecule has 0 aliphatic carbocycles. The number of benzene rings is 2. The minimum atomic E-state index is 0.105. The topological polar surface area (TPSA) is 18.5 Å². The average molecular weight is 258 g/mol. The lowest BCUT2D eigenvalue weighted by molar-refractivity contribution is 0.119. The Hall–Kier alpha value is -1.45. The van der Waals surface area contributed by atoms with Gasteiger partial charge >= 0.3 is 0 Å². The Kier molecular flexibility index (Phi) is 3.02. The van der Waals surface area contributed by atoms with Crippen molar-refractivity contribution in [1.82, 2.24) is 0 Å². The summed E-state index contributed by atoms with van der Waals surface area (Å²) < 4.78 is 11.2. The van der Waals surface area contributed by atoms with Crippen molar-refractivity contribution in [3.05, 3.63) is 48.0 Å². The van der Waals surface area contributed by atoms with Crippen molar-refractivity contribution in [3.8, 4) is 11.5 Å². The smallest absolute Gasteiger partial charge is 0.141 e. The van der Waals surface area contributed by atoms with E-state index in [4.69, 9.17) is 9.47 Å². The molecule has 0 N–H and O–H groups in total. The van der Waals surface area contributed by atoms with Gasteiger partial charge in [-0.25, -0.2) is 0 Å². The highest BCUT2D eigenvalue weighted by molar-refractivity contribution is 7.99. The van der Waals surface area contributed by atoms with Crippen LogP contribution >= 0.6 is 11.8 Å². The molecule has 3 heteroatoms. The highest BCUT2D eigenvalue weighted by Crippen LogP contribution is 2.47. The first kappa shape index (κ1) is 11.6. The monoisotopic (exact) mass is 258 g/mol. The third kappa shape index (κ3) is 2.00. The molecular weight excluding hydrogens is 244 g/mol. The minimum absolute atomic E-state index is 0.105. The SMILES string of the molecule is CO[C@H](C)c1ccc2c(c1)Sc1ccccc1O2. The molecule has 0 aromatic heterocycles. The van der Waals surface area contributed by atoms with Crippen LogP contribution in [0.3, 0.4) is 0 Å². The summed E-state index contributed by atoms with van der Waals surface area (Å²) in [6.07, 6.45) is 0.105. The van der Waals surface area contributed by atoms with Gasteiger partial charge in [-0.1, -0.05) is 30.0 Å². The van der Waals surface area contributed by atoms with Gasteiger partial charge in [-0.2, -0.15) is 0 Å². The second-order valence-corrected chi connectivity index (χ2v) is 5.32. The van der Waals surface area contributed by atoms with Crippen LogP contribution in [-0.4, -0.2) is 7.11 Å². The molecular formula is C15H14O2S. The maximum absolute atomic E-state index is 5.88. The van der Waals surface area contributed by atoms with Crippen LogP contribution in [-0.2, 0) is 4.74 Å². The van der Waals surface area contributed by atoms with E-state index in [-0.39, 0.29) is 6.10 Å². The van der Waals surface area contributed by atoms with Crippen LogP contribution in [0, 0.1) is 0 Å². The number of ether oxygens (including phenoxy) is 2. The highest BCUT2D eigenvalue weighted by atomic mass is 32.2. The Morgan fingerprint density at radius 2 is 1.83 bits per heavy atom. The lowest BCUT2D eigenvalue weighted by atomic mass is 10.1. The molecule has 3 rings (SSSR count). The van der Waals surface area contributed by atoms with Gasteiger partial charge in [-0.3, -0.25) is 0 Å². The van der Waals surface area contributed by atoms with Crippen molar-refractivity contribution in [1.29, 1.82) is 0 Å². The van der Waals surface area contributed by atoms with Gasteiger partial charge in [0.05, 0.1) is 15.9 Å². The largest absolute Gasteiger partial charge is 0.455 e. The second kappa shape index (κ2) is 4.67. The van der Waals surface area contributed by atoms with Gasteiger partial charge < -0.3 is 9.47 Å². The Morgan fingerprint density at radius 1 is 1.06 bits per heavy atom. The summed E-state index contributed by atoms with van der Waals surface area (Å²) in [5, 5.41) is 0. The molecule has 2 aromatic rings. The molecule has 0 radical (unpaired) electrons. The van der Waals surface area contributed by atoms with Crippen molar-refractivity contribution in [2.45, 2.75) is 22.8 Å². The van der Waals surface area contributed by atoms with Gasteiger partial charge in [0, 0.05) is 7.11 Å². The fourth-order valence-electron chi connectivity index (χ4n) is 1.93. The van der Waals surface area contributed by atoms with E-state index in [1.165, 1.54) is 5.56 Å². The summed E-state index contributed by atoms with van der Waals surface area (Å²) in [6.45, 7) is 2.05. The van der Waals surface area contributed by atoms with E-state index in [1.807, 2.05) is 31.2 Å². The molecule has 2 nitrogen and oxygen atoms in total. The number of fused-ring (bicyclic) bond motifs is 2. The number of methoxy groups -OCH3 is 1. The molecule has 2 aromatic carbocycles. The van der Waals surface area contributed by atoms with Gasteiger partial charge in [0.1, 0.15) is 11.5 Å². The molecule has 92 valence electrons. The lowest BCUT2D eigenvalue weighted by Gasteiger charge is -2.21. The minimum Gasteiger partial charge on any atom is -0.455 e. The summed E-state index contributed by atoms with van der Waals surface area (Å²) in [6, 6.07) is 14.3. The van der Waals surface area contributed by atoms with Crippen LogP contribution in [0.15, 0.2) is 52.3 Å². The maximum atomic E-state index is 5.88. The van der Waals surface area contributed by atoms with Crippen molar-refractivity contribution >= 4 is 11.8 Å². The van der Waals surface area contributed by atoms with Gasteiger partial charge in [-0.05, 0) is 36.8 Å². The summed E-state index contributed by atoms with van der Waals surface area (Å²) in [4.78, 5) is 2.31. The lowest BCUT2D eigenvalue weighted by Crippen LogP contribution is -1.99. The van der Waals surface area contributed by atoms with Crippen molar-refractivity contribution in [2.24, 2.45) is 0 Å². The van der Waals surface area contributed by atoms with E-state index in [1.54, 1.807) is 18.9 Å². The first-order valence-electron chi connectivity index (χ1n) is 5.89. The van der Waals surface area contributed by atoms with Crippen molar-refractivity contribution < 1.29 is 9.47 Å². The van der Waals surface area contributed by atoms with E-state index < -0.39 is 0 Å². The Morgan fingerprint density at radius 3 is 2.67 bits per heavy atom. The molecule has 0 spiro atoms. The van der Waals surface area contributed by atoms with Crippen LogP contribution in [0.4, 0.5) is 0 Å². The zero-order chi connectivity index (χ0) is 12.5. The molecule has 1 aliphatic heterocycles. The molecule has 1 heterocycles. The number of para-hydroxylation sites is 1. The molecule has 0 unspecified atom stereocenters. The van der Waals surface area contributed by atoms with Crippen LogP contribution in [0.1, 0.15) is 18.6 Å². The highest BCUT2D eigenvalue weighted by Gasteiger charge is 2.18. The van der Waals surface area contributed by atoms with E-state index in [9.17, 15) is 0 Å². The standard InChI is InChI=1S/C15H14O2S/c1-10(16-2)11-7-8-13-15(9-11)18-14-6-4-3-5-12(14)17-13/h3-10H,1-2H3/t10-/m1/s1. The molecule has 0 bridgehead atoms. The Labute approximate surface area is 111 Å². The Bertz CT molecular complexity index is 580. The fraction of sp³-hybridized carbons (Fsp3) is 0.200. The van der Waals surface area contributed by atoms with Crippen LogP contribution in [0.25, 0.3) is 0 Å². The number of hydrogen-bond acceptors (Lipinski definition) is 3. The first-order chi connectivity index (χ1) is 8.78. The molecule has 0 amide bonds. The normalized spacial score (nSPS) is 14.3. The zero-order valence-electron chi connectivity index (χ0n) is 10.3. The number of hydrogen-bond donors (Lipinski definition) is 0. The Balaban J connectivity index is 1.98. The predicted molar refractivity (Wildman–Crippen MR) is 72.5 cm³/mol. The van der Waals surface area contributed by atoms with E-state index >= 15 is 0 Å². The molecule has 0 fully saturated rings. The van der Waals surface area contributed by atoms with Crippen molar-refractivity contribution in [3.63, 3.8) is 0 Å². The third-order valence-electron chi connectivity index (χ3n) is 3.08. The second-order valence-electron chi connectivity index (χ2n) is 4.23. The molecule has 1 atom stereocenters. The van der Waals surface area contributed by atoms with Gasteiger partial charge in [0.15, 0.2) is 0 Å². The molecule has 18 heavy (non-hydrogen) atoms. The van der Waals surface area contributed by atoms with Crippen LogP contribution < -0.4 is 4.74 Å². The van der Waals surface area contributed by atoms with Crippen molar-refractivity contribution in [2.75, 3.05) is 7.11 Å². The van der Waals surface area contributed by atoms with Gasteiger partial charge in [0.2, 0.25) is 0 Å². The summed E-state index contributed by atoms with van der Waals surface area (Å²) in [7, 11) is 1.73.